The summed E-state index contributed by atoms with van der Waals surface area (Å²) in [6, 6.07) is 6.79. The number of nitrogens with zero attached hydrogens (tertiary/aromatic N) is 1. The van der Waals surface area contributed by atoms with Gasteiger partial charge in [0.05, 0.1) is 11.9 Å². The fraction of sp³-hybridized carbons (Fsp3) is 0. The van der Waals surface area contributed by atoms with E-state index in [1.165, 1.54) is 6.26 Å². The Morgan fingerprint density at radius 3 is 2.58 bits per heavy atom. The third-order valence-electron chi connectivity index (χ3n) is 1.56. The average Bonchev–Trinajstić information content (AvgIpc) is 2.58. The van der Waals surface area contributed by atoms with Gasteiger partial charge >= 0.3 is 0 Å². The van der Waals surface area contributed by atoms with Crippen LogP contribution in [0.4, 0.5) is 5.69 Å². The van der Waals surface area contributed by atoms with Gasteiger partial charge in [-0.15, -0.1) is 0 Å². The molecule has 0 radical (unpaired) electrons. The molecule has 12 heavy (non-hydrogen) atoms. The second-order valence-corrected chi connectivity index (χ2v) is 2.38. The molecule has 0 spiro atoms. The summed E-state index contributed by atoms with van der Waals surface area (Å²) in [6.07, 6.45) is 3.28. The van der Waals surface area contributed by atoms with Crippen LogP contribution in [0.15, 0.2) is 36.7 Å². The first-order chi connectivity index (χ1) is 5.86. The third kappa shape index (κ3) is 1.19. The summed E-state index contributed by atoms with van der Waals surface area (Å²) in [5.74, 6) is 0.253. The van der Waals surface area contributed by atoms with Crippen LogP contribution in [0.5, 0.6) is 5.75 Å². The topological polar surface area (TPSA) is 44.7 Å². The van der Waals surface area contributed by atoms with E-state index in [0.717, 1.165) is 5.69 Å². The van der Waals surface area contributed by atoms with Crippen LogP contribution in [-0.4, -0.2) is 5.11 Å². The second kappa shape index (κ2) is 2.75. The summed E-state index contributed by atoms with van der Waals surface area (Å²) in [5, 5.41) is 10.7. The van der Waals surface area contributed by atoms with Gasteiger partial charge in [0.1, 0.15) is 12.0 Å². The van der Waals surface area contributed by atoms with Crippen molar-refractivity contribution in [2.24, 2.45) is 0 Å². The lowest BCUT2D eigenvalue weighted by atomic mass is 10.3. The number of rotatable bonds is 1. The summed E-state index contributed by atoms with van der Waals surface area (Å²) in [5.41, 5.74) is 3.54. The second-order valence-electron chi connectivity index (χ2n) is 2.38. The summed E-state index contributed by atoms with van der Waals surface area (Å²) in [7, 11) is 0. The van der Waals surface area contributed by atoms with Crippen molar-refractivity contribution in [3.8, 4) is 5.75 Å². The number of hydrogen-bond acceptors (Lipinski definition) is 4. The van der Waals surface area contributed by atoms with Gasteiger partial charge in [0.2, 0.25) is 0 Å². The van der Waals surface area contributed by atoms with Crippen molar-refractivity contribution in [3.63, 3.8) is 0 Å². The van der Waals surface area contributed by atoms with Gasteiger partial charge in [-0.2, -0.15) is 0 Å². The molecule has 0 saturated carbocycles. The Bertz CT molecular complexity index is 294. The van der Waals surface area contributed by atoms with Gasteiger partial charge in [-0.05, 0) is 24.3 Å². The lowest BCUT2D eigenvalue weighted by Gasteiger charge is -2.13. The fourth-order valence-corrected chi connectivity index (χ4v) is 0.961. The highest BCUT2D eigenvalue weighted by molar-refractivity contribution is 5.50. The molecule has 62 valence electrons. The zero-order chi connectivity index (χ0) is 8.39. The fourth-order valence-electron chi connectivity index (χ4n) is 0.961. The molecule has 1 aromatic rings. The van der Waals surface area contributed by atoms with Crippen molar-refractivity contribution in [1.82, 2.24) is 5.59 Å². The first-order valence-corrected chi connectivity index (χ1v) is 3.52. The van der Waals surface area contributed by atoms with E-state index in [2.05, 4.69) is 5.59 Å². The smallest absolute Gasteiger partial charge is 0.131 e. The number of benzene rings is 1. The van der Waals surface area contributed by atoms with Gasteiger partial charge in [0.15, 0.2) is 0 Å². The first-order valence-electron chi connectivity index (χ1n) is 3.52. The van der Waals surface area contributed by atoms with E-state index in [0.29, 0.717) is 0 Å². The van der Waals surface area contributed by atoms with Crippen LogP contribution in [0.25, 0.3) is 0 Å². The van der Waals surface area contributed by atoms with E-state index in [1.807, 2.05) is 0 Å². The lowest BCUT2D eigenvalue weighted by molar-refractivity contribution is 0.159. The molecule has 1 aliphatic rings. The molecule has 4 heteroatoms. The van der Waals surface area contributed by atoms with Crippen LogP contribution in [-0.2, 0) is 4.84 Å². The third-order valence-corrected chi connectivity index (χ3v) is 1.56. The van der Waals surface area contributed by atoms with Crippen LogP contribution in [0.2, 0.25) is 0 Å². The van der Waals surface area contributed by atoms with E-state index in [-0.39, 0.29) is 5.75 Å². The van der Waals surface area contributed by atoms with Crippen molar-refractivity contribution in [3.05, 3.63) is 36.7 Å². The lowest BCUT2D eigenvalue weighted by Crippen LogP contribution is -2.26. The Hall–Kier alpha value is -1.68. The largest absolute Gasteiger partial charge is 0.508 e. The van der Waals surface area contributed by atoms with Crippen molar-refractivity contribution < 1.29 is 9.94 Å². The molecule has 0 unspecified atom stereocenters. The van der Waals surface area contributed by atoms with E-state index in [1.54, 1.807) is 35.5 Å². The van der Waals surface area contributed by atoms with Crippen LogP contribution >= 0.6 is 0 Å². The summed E-state index contributed by atoms with van der Waals surface area (Å²) in [6.45, 7) is 0. The van der Waals surface area contributed by atoms with Gasteiger partial charge in [-0.3, -0.25) is 0 Å². The predicted molar refractivity (Wildman–Crippen MR) is 43.9 cm³/mol. The Morgan fingerprint density at radius 2 is 2.00 bits per heavy atom. The minimum Gasteiger partial charge on any atom is -0.508 e. The molecule has 0 saturated heterocycles. The zero-order valence-electron chi connectivity index (χ0n) is 6.27. The van der Waals surface area contributed by atoms with Crippen LogP contribution in [0, 0.1) is 0 Å². The highest BCUT2D eigenvalue weighted by Gasteiger charge is 2.05. The van der Waals surface area contributed by atoms with Gasteiger partial charge in [-0.1, -0.05) is 5.59 Å². The number of hydrazine groups is 1. The quantitative estimate of drug-likeness (QED) is 0.652. The number of anilines is 1. The summed E-state index contributed by atoms with van der Waals surface area (Å²) in [4.78, 5) is 4.77. The molecule has 4 nitrogen and oxygen atoms in total. The van der Waals surface area contributed by atoms with E-state index in [9.17, 15) is 0 Å². The highest BCUT2D eigenvalue weighted by Crippen LogP contribution is 2.18. The highest BCUT2D eigenvalue weighted by atomic mass is 16.7. The standard InChI is InChI=1S/C8H8N2O2/c11-8-3-1-7(2-4-8)10-5-6-12-9-10/h1-6,9,11H. The Labute approximate surface area is 69.6 Å². The molecular formula is C8H8N2O2. The van der Waals surface area contributed by atoms with Gasteiger partial charge in [0.25, 0.3) is 0 Å². The minimum absolute atomic E-state index is 0.253. The molecule has 1 aliphatic heterocycles. The van der Waals surface area contributed by atoms with Crippen LogP contribution in [0.3, 0.4) is 0 Å². The first kappa shape index (κ1) is 7.00. The number of hydrogen-bond donors (Lipinski definition) is 2. The molecule has 1 heterocycles. The monoisotopic (exact) mass is 164 g/mol. The number of phenols is 1. The normalized spacial score (nSPS) is 14.8. The van der Waals surface area contributed by atoms with E-state index in [4.69, 9.17) is 9.94 Å². The Kier molecular flexibility index (Phi) is 1.60. The van der Waals surface area contributed by atoms with Crippen molar-refractivity contribution in [2.75, 3.05) is 5.01 Å². The number of phenolic OH excluding ortho intramolecular Hbond substituents is 1. The van der Waals surface area contributed by atoms with E-state index >= 15 is 0 Å². The van der Waals surface area contributed by atoms with Crippen molar-refractivity contribution in [1.29, 1.82) is 0 Å². The molecule has 0 aliphatic carbocycles. The molecular weight excluding hydrogens is 156 g/mol. The molecule has 0 atom stereocenters. The van der Waals surface area contributed by atoms with Crippen molar-refractivity contribution in [2.45, 2.75) is 0 Å². The molecule has 0 bridgehead atoms. The molecule has 1 aromatic carbocycles. The molecule has 0 amide bonds. The maximum Gasteiger partial charge on any atom is 0.131 e. The van der Waals surface area contributed by atoms with Crippen LogP contribution < -0.4 is 10.6 Å². The maximum absolute atomic E-state index is 9.01. The van der Waals surface area contributed by atoms with E-state index < -0.39 is 0 Å². The maximum atomic E-state index is 9.01. The molecule has 2 N–H and O–H groups in total. The summed E-state index contributed by atoms with van der Waals surface area (Å²) < 4.78 is 0. The average molecular weight is 164 g/mol. The minimum atomic E-state index is 0.253. The van der Waals surface area contributed by atoms with Crippen molar-refractivity contribution >= 4 is 5.69 Å². The predicted octanol–water partition coefficient (Wildman–Crippen LogP) is 1.12. The SMILES string of the molecule is Oc1ccc(N2C=CON2)cc1. The van der Waals surface area contributed by atoms with Gasteiger partial charge in [-0.25, -0.2) is 5.01 Å². The number of aromatic hydroxyl groups is 1. The molecule has 2 rings (SSSR count). The molecule has 0 fully saturated rings. The zero-order valence-corrected chi connectivity index (χ0v) is 6.27. The molecule has 0 aromatic heterocycles. The van der Waals surface area contributed by atoms with Gasteiger partial charge in [0, 0.05) is 0 Å². The van der Waals surface area contributed by atoms with Crippen LogP contribution in [0.1, 0.15) is 0 Å². The van der Waals surface area contributed by atoms with Gasteiger partial charge < -0.3 is 9.94 Å². The number of nitrogens with one attached hydrogen (secondary N) is 1. The summed E-state index contributed by atoms with van der Waals surface area (Å²) >= 11 is 0. The Morgan fingerprint density at radius 1 is 1.25 bits per heavy atom. The Balaban J connectivity index is 2.23.